The lowest BCUT2D eigenvalue weighted by atomic mass is 10.0. The summed E-state index contributed by atoms with van der Waals surface area (Å²) in [6.07, 6.45) is 7.05. The van der Waals surface area contributed by atoms with E-state index in [9.17, 15) is 8.78 Å². The molecule has 0 N–H and O–H groups in total. The van der Waals surface area contributed by atoms with Gasteiger partial charge < -0.3 is 14.4 Å². The molecule has 4 heterocycles. The topological polar surface area (TPSA) is 63.0 Å². The second kappa shape index (κ2) is 11.6. The van der Waals surface area contributed by atoms with Crippen molar-refractivity contribution in [1.29, 1.82) is 0 Å². The van der Waals surface area contributed by atoms with Gasteiger partial charge in [-0.15, -0.1) is 35.0 Å². The molecule has 34 heavy (non-hydrogen) atoms. The Labute approximate surface area is 214 Å². The summed E-state index contributed by atoms with van der Waals surface area (Å²) in [5.41, 5.74) is 1.23. The van der Waals surface area contributed by atoms with Crippen molar-refractivity contribution in [2.24, 2.45) is 13.0 Å². The summed E-state index contributed by atoms with van der Waals surface area (Å²) in [5.74, 6) is 1.19. The van der Waals surface area contributed by atoms with Crippen LogP contribution in [0.1, 0.15) is 12.8 Å². The number of nitrogens with zero attached hydrogens (tertiary/aromatic N) is 7. The number of halogens is 4. The van der Waals surface area contributed by atoms with Crippen molar-refractivity contribution in [1.82, 2.24) is 29.6 Å². The zero-order chi connectivity index (χ0) is 22.1. The highest BCUT2D eigenvalue weighted by Gasteiger charge is 2.41. The first-order valence-corrected chi connectivity index (χ1v) is 11.8. The standard InChI is InChI=1S/C22H25F2N7S.2ClH/c1-29-21(18-12-25-6-7-26-18)27-28-22(29)32-10-2-8-30-13-15-5-9-31(20(15)14-30)19-4-3-16(23)11-17(19)24;;/h3-4,6-7,11-12,15,20H,2,5,8-10,13-14H2,1H3;2*1H/t15-,20+;;/m1../s1. The molecule has 0 unspecified atom stereocenters. The fourth-order valence-electron chi connectivity index (χ4n) is 4.77. The molecule has 0 aliphatic carbocycles. The highest BCUT2D eigenvalue weighted by atomic mass is 35.5. The van der Waals surface area contributed by atoms with E-state index < -0.39 is 11.6 Å². The summed E-state index contributed by atoms with van der Waals surface area (Å²) < 4.78 is 29.5. The number of aromatic nitrogens is 5. The molecular formula is C22H27Cl2F2N7S. The van der Waals surface area contributed by atoms with Crippen LogP contribution in [-0.2, 0) is 7.05 Å². The predicted octanol–water partition coefficient (Wildman–Crippen LogP) is 4.09. The van der Waals surface area contributed by atoms with Crippen LogP contribution in [-0.4, -0.2) is 67.6 Å². The molecule has 2 atom stereocenters. The molecule has 0 radical (unpaired) electrons. The average molecular weight is 530 g/mol. The summed E-state index contributed by atoms with van der Waals surface area (Å²) >= 11 is 1.69. The summed E-state index contributed by atoms with van der Waals surface area (Å²) in [6, 6.07) is 4.20. The largest absolute Gasteiger partial charge is 0.365 e. The first kappa shape index (κ1) is 26.6. The minimum absolute atomic E-state index is 0. The maximum atomic E-state index is 14.3. The van der Waals surface area contributed by atoms with Gasteiger partial charge in [-0.05, 0) is 37.4 Å². The van der Waals surface area contributed by atoms with Crippen molar-refractivity contribution in [3.05, 3.63) is 48.4 Å². The van der Waals surface area contributed by atoms with Gasteiger partial charge in [-0.1, -0.05) is 11.8 Å². The van der Waals surface area contributed by atoms with Crippen LogP contribution in [0.25, 0.3) is 11.5 Å². The second-order valence-electron chi connectivity index (χ2n) is 8.32. The lowest BCUT2D eigenvalue weighted by Gasteiger charge is -2.27. The summed E-state index contributed by atoms with van der Waals surface area (Å²) in [5, 5.41) is 9.40. The van der Waals surface area contributed by atoms with Gasteiger partial charge in [0.2, 0.25) is 0 Å². The van der Waals surface area contributed by atoms with Gasteiger partial charge in [0.05, 0.1) is 11.9 Å². The Morgan fingerprint density at radius 1 is 1.12 bits per heavy atom. The van der Waals surface area contributed by atoms with Crippen molar-refractivity contribution in [3.63, 3.8) is 0 Å². The average Bonchev–Trinajstić information content (AvgIpc) is 3.47. The molecule has 0 amide bonds. The van der Waals surface area contributed by atoms with E-state index >= 15 is 0 Å². The molecule has 0 bridgehead atoms. The van der Waals surface area contributed by atoms with E-state index in [4.69, 9.17) is 0 Å². The van der Waals surface area contributed by atoms with Crippen molar-refractivity contribution in [2.75, 3.05) is 36.8 Å². The third-order valence-electron chi connectivity index (χ3n) is 6.32. The molecular weight excluding hydrogens is 503 g/mol. The lowest BCUT2D eigenvalue weighted by Crippen LogP contribution is -2.36. The fourth-order valence-corrected chi connectivity index (χ4v) is 5.61. The third kappa shape index (κ3) is 5.45. The minimum atomic E-state index is -0.528. The molecule has 2 aliphatic heterocycles. The summed E-state index contributed by atoms with van der Waals surface area (Å²) in [4.78, 5) is 13.0. The van der Waals surface area contributed by atoms with Gasteiger partial charge in [0.15, 0.2) is 11.0 Å². The summed E-state index contributed by atoms with van der Waals surface area (Å²) in [7, 11) is 1.94. The maximum Gasteiger partial charge on any atom is 0.191 e. The fraction of sp³-hybridized carbons (Fsp3) is 0.455. The lowest BCUT2D eigenvalue weighted by molar-refractivity contribution is 0.319. The molecule has 3 aromatic rings. The summed E-state index contributed by atoms with van der Waals surface area (Å²) in [6.45, 7) is 3.79. The van der Waals surface area contributed by atoms with Gasteiger partial charge in [0.1, 0.15) is 17.3 Å². The Kier molecular flexibility index (Phi) is 9.08. The Hall–Kier alpha value is -2.01. The van der Waals surface area contributed by atoms with Crippen LogP contribution in [0.5, 0.6) is 0 Å². The van der Waals surface area contributed by atoms with E-state index in [2.05, 4.69) is 30.0 Å². The molecule has 184 valence electrons. The Morgan fingerprint density at radius 2 is 1.97 bits per heavy atom. The molecule has 2 saturated heterocycles. The molecule has 0 saturated carbocycles. The van der Waals surface area contributed by atoms with Crippen molar-refractivity contribution in [3.8, 4) is 11.5 Å². The smallest absolute Gasteiger partial charge is 0.191 e. The molecule has 0 spiro atoms. The van der Waals surface area contributed by atoms with Crippen LogP contribution in [0.4, 0.5) is 14.5 Å². The van der Waals surface area contributed by atoms with Gasteiger partial charge in [0, 0.05) is 56.9 Å². The van der Waals surface area contributed by atoms with E-state index in [1.165, 1.54) is 6.07 Å². The Morgan fingerprint density at radius 3 is 2.74 bits per heavy atom. The van der Waals surface area contributed by atoms with Crippen LogP contribution in [0.15, 0.2) is 41.9 Å². The number of hydrogen-bond acceptors (Lipinski definition) is 7. The van der Waals surface area contributed by atoms with E-state index in [0.717, 1.165) is 56.0 Å². The van der Waals surface area contributed by atoms with Gasteiger partial charge in [-0.3, -0.25) is 4.98 Å². The van der Waals surface area contributed by atoms with Crippen LogP contribution in [0.3, 0.4) is 0 Å². The van der Waals surface area contributed by atoms with E-state index in [1.807, 2.05) is 11.6 Å². The number of thioether (sulfide) groups is 1. The number of likely N-dealkylation sites (tertiary alicyclic amines) is 1. The highest BCUT2D eigenvalue weighted by Crippen LogP contribution is 2.36. The van der Waals surface area contributed by atoms with Crippen LogP contribution >= 0.6 is 36.6 Å². The molecule has 2 fully saturated rings. The molecule has 12 heteroatoms. The van der Waals surface area contributed by atoms with Gasteiger partial charge in [-0.25, -0.2) is 13.8 Å². The first-order valence-electron chi connectivity index (χ1n) is 10.8. The third-order valence-corrected chi connectivity index (χ3v) is 7.43. The maximum absolute atomic E-state index is 14.3. The van der Waals surface area contributed by atoms with Gasteiger partial charge in [-0.2, -0.15) is 0 Å². The zero-order valence-electron chi connectivity index (χ0n) is 18.7. The Balaban J connectivity index is 0.00000162. The zero-order valence-corrected chi connectivity index (χ0v) is 21.1. The molecule has 1 aromatic carbocycles. The number of rotatable bonds is 7. The predicted molar refractivity (Wildman–Crippen MR) is 134 cm³/mol. The number of anilines is 1. The second-order valence-corrected chi connectivity index (χ2v) is 9.38. The first-order chi connectivity index (χ1) is 15.6. The van der Waals surface area contributed by atoms with Crippen LogP contribution in [0.2, 0.25) is 0 Å². The van der Waals surface area contributed by atoms with Crippen molar-refractivity contribution >= 4 is 42.3 Å². The normalized spacial score (nSPS) is 19.6. The van der Waals surface area contributed by atoms with Crippen molar-refractivity contribution < 1.29 is 8.78 Å². The van der Waals surface area contributed by atoms with E-state index in [0.29, 0.717) is 29.2 Å². The monoisotopic (exact) mass is 529 g/mol. The Bertz CT molecular complexity index is 1090. The molecule has 5 rings (SSSR count). The SMILES string of the molecule is Cl.Cl.Cn1c(SCCCN2C[C@H]3CCN(c4ccc(F)cc4F)[C@H]3C2)nnc1-c1cnccn1. The highest BCUT2D eigenvalue weighted by molar-refractivity contribution is 7.99. The van der Waals surface area contributed by atoms with Crippen molar-refractivity contribution in [2.45, 2.75) is 24.0 Å². The number of hydrogen-bond donors (Lipinski definition) is 0. The van der Waals surface area contributed by atoms with Gasteiger partial charge in [0.25, 0.3) is 0 Å². The van der Waals surface area contributed by atoms with Crippen LogP contribution < -0.4 is 4.90 Å². The minimum Gasteiger partial charge on any atom is -0.365 e. The quantitative estimate of drug-likeness (QED) is 0.337. The van der Waals surface area contributed by atoms with Gasteiger partial charge >= 0.3 is 0 Å². The van der Waals surface area contributed by atoms with E-state index in [-0.39, 0.29) is 24.8 Å². The van der Waals surface area contributed by atoms with E-state index in [1.54, 1.807) is 36.4 Å². The molecule has 2 aliphatic rings. The number of fused-ring (bicyclic) bond motifs is 1. The van der Waals surface area contributed by atoms with Crippen LogP contribution in [0, 0.1) is 17.6 Å². The number of benzene rings is 1. The molecule has 2 aromatic heterocycles. The molecule has 7 nitrogen and oxygen atoms in total.